The summed E-state index contributed by atoms with van der Waals surface area (Å²) in [5.41, 5.74) is 0.600. The predicted molar refractivity (Wildman–Crippen MR) is 67.1 cm³/mol. The number of aromatic carboxylic acids is 1. The molecule has 0 aliphatic heterocycles. The summed E-state index contributed by atoms with van der Waals surface area (Å²) in [6, 6.07) is 6.92. The lowest BCUT2D eigenvalue weighted by Crippen LogP contribution is -2.04. The minimum atomic E-state index is -1.11. The molecular weight excluding hydrogens is 307 g/mol. The van der Waals surface area contributed by atoms with Gasteiger partial charge in [0.05, 0.1) is 4.47 Å². The number of aromatic nitrogens is 2. The smallest absolute Gasteiger partial charge is 0.355 e. The standard InChI is InChI=1S/C11H6BrClN2O2/c12-8-5-14-10(15-9(8)11(16)17)6-2-1-3-7(13)4-6/h1-5H,(H,16,17). The molecule has 0 bridgehead atoms. The van der Waals surface area contributed by atoms with Gasteiger partial charge >= 0.3 is 5.97 Å². The van der Waals surface area contributed by atoms with Crippen molar-refractivity contribution in [3.63, 3.8) is 0 Å². The summed E-state index contributed by atoms with van der Waals surface area (Å²) in [7, 11) is 0. The van der Waals surface area contributed by atoms with Crippen LogP contribution in [0.4, 0.5) is 0 Å². The number of carboxylic acid groups (broad SMARTS) is 1. The van der Waals surface area contributed by atoms with E-state index in [9.17, 15) is 4.79 Å². The second kappa shape index (κ2) is 4.81. The van der Waals surface area contributed by atoms with Crippen molar-refractivity contribution >= 4 is 33.5 Å². The van der Waals surface area contributed by atoms with Crippen molar-refractivity contribution in [1.29, 1.82) is 0 Å². The predicted octanol–water partition coefficient (Wildman–Crippen LogP) is 3.26. The first-order valence-corrected chi connectivity index (χ1v) is 5.77. The Morgan fingerprint density at radius 1 is 1.41 bits per heavy atom. The normalized spacial score (nSPS) is 10.2. The van der Waals surface area contributed by atoms with Gasteiger partial charge in [-0.3, -0.25) is 0 Å². The minimum Gasteiger partial charge on any atom is -0.476 e. The maximum Gasteiger partial charge on any atom is 0.355 e. The van der Waals surface area contributed by atoms with E-state index in [4.69, 9.17) is 16.7 Å². The molecule has 0 aliphatic rings. The Kier molecular flexibility index (Phi) is 3.40. The van der Waals surface area contributed by atoms with Crippen molar-refractivity contribution in [2.75, 3.05) is 0 Å². The van der Waals surface area contributed by atoms with Crippen LogP contribution in [-0.4, -0.2) is 21.0 Å². The number of rotatable bonds is 2. The zero-order valence-corrected chi connectivity index (χ0v) is 10.7. The Morgan fingerprint density at radius 2 is 2.18 bits per heavy atom. The molecule has 86 valence electrons. The van der Waals surface area contributed by atoms with Gasteiger partial charge in [-0.25, -0.2) is 14.8 Å². The Hall–Kier alpha value is -1.46. The number of benzene rings is 1. The molecule has 1 aromatic heterocycles. The third kappa shape index (κ3) is 2.62. The lowest BCUT2D eigenvalue weighted by atomic mass is 10.2. The molecule has 0 amide bonds. The molecule has 2 aromatic rings. The molecule has 17 heavy (non-hydrogen) atoms. The largest absolute Gasteiger partial charge is 0.476 e. The summed E-state index contributed by atoms with van der Waals surface area (Å²) < 4.78 is 0.343. The molecule has 0 saturated carbocycles. The Balaban J connectivity index is 2.54. The highest BCUT2D eigenvalue weighted by Gasteiger charge is 2.13. The van der Waals surface area contributed by atoms with Gasteiger partial charge in [-0.2, -0.15) is 0 Å². The van der Waals surface area contributed by atoms with Crippen LogP contribution in [0.25, 0.3) is 11.4 Å². The fourth-order valence-corrected chi connectivity index (χ4v) is 1.83. The van der Waals surface area contributed by atoms with E-state index in [1.807, 2.05) is 0 Å². The molecule has 1 heterocycles. The van der Waals surface area contributed by atoms with Crippen LogP contribution in [-0.2, 0) is 0 Å². The summed E-state index contributed by atoms with van der Waals surface area (Å²) in [6.07, 6.45) is 1.41. The Morgan fingerprint density at radius 3 is 2.82 bits per heavy atom. The van der Waals surface area contributed by atoms with Crippen LogP contribution in [0, 0.1) is 0 Å². The Bertz CT molecular complexity index is 589. The molecule has 0 spiro atoms. The van der Waals surface area contributed by atoms with Gasteiger partial charge in [-0.15, -0.1) is 0 Å². The van der Waals surface area contributed by atoms with Crippen LogP contribution in [0.5, 0.6) is 0 Å². The molecule has 0 fully saturated rings. The van der Waals surface area contributed by atoms with Gasteiger partial charge in [-0.05, 0) is 28.1 Å². The van der Waals surface area contributed by atoms with E-state index in [0.717, 1.165) is 0 Å². The van der Waals surface area contributed by atoms with Crippen molar-refractivity contribution < 1.29 is 9.90 Å². The third-order valence-corrected chi connectivity index (χ3v) is 2.84. The van der Waals surface area contributed by atoms with Crippen molar-refractivity contribution in [2.45, 2.75) is 0 Å². The lowest BCUT2D eigenvalue weighted by Gasteiger charge is -2.03. The fourth-order valence-electron chi connectivity index (χ4n) is 1.28. The van der Waals surface area contributed by atoms with E-state index >= 15 is 0 Å². The fraction of sp³-hybridized carbons (Fsp3) is 0. The number of hydrogen-bond donors (Lipinski definition) is 1. The summed E-state index contributed by atoms with van der Waals surface area (Å²) in [5, 5.41) is 9.49. The number of hydrogen-bond acceptors (Lipinski definition) is 3. The zero-order chi connectivity index (χ0) is 12.4. The van der Waals surface area contributed by atoms with E-state index in [-0.39, 0.29) is 5.69 Å². The maximum absolute atomic E-state index is 10.9. The second-order valence-electron chi connectivity index (χ2n) is 3.21. The molecule has 0 radical (unpaired) electrons. The molecule has 2 rings (SSSR count). The average molecular weight is 314 g/mol. The zero-order valence-electron chi connectivity index (χ0n) is 8.39. The maximum atomic E-state index is 10.9. The highest BCUT2D eigenvalue weighted by Crippen LogP contribution is 2.22. The van der Waals surface area contributed by atoms with Crippen molar-refractivity contribution in [2.24, 2.45) is 0 Å². The van der Waals surface area contributed by atoms with E-state index < -0.39 is 5.97 Å². The van der Waals surface area contributed by atoms with E-state index in [1.54, 1.807) is 24.3 Å². The van der Waals surface area contributed by atoms with Gasteiger partial charge in [0.15, 0.2) is 11.5 Å². The van der Waals surface area contributed by atoms with Gasteiger partial charge in [0.2, 0.25) is 0 Å². The van der Waals surface area contributed by atoms with Crippen LogP contribution in [0.2, 0.25) is 5.02 Å². The SMILES string of the molecule is O=C(O)c1nc(-c2cccc(Cl)c2)ncc1Br. The Labute approximate surface area is 110 Å². The molecule has 0 saturated heterocycles. The minimum absolute atomic E-state index is 0.0741. The molecule has 0 unspecified atom stereocenters. The van der Waals surface area contributed by atoms with Crippen LogP contribution in [0.15, 0.2) is 34.9 Å². The van der Waals surface area contributed by atoms with Gasteiger partial charge in [0.25, 0.3) is 0 Å². The molecule has 0 aliphatic carbocycles. The molecule has 4 nitrogen and oxygen atoms in total. The first-order chi connectivity index (χ1) is 8.08. The summed E-state index contributed by atoms with van der Waals surface area (Å²) in [6.45, 7) is 0. The molecular formula is C11H6BrClN2O2. The van der Waals surface area contributed by atoms with E-state index in [1.165, 1.54) is 6.20 Å². The molecule has 1 aromatic carbocycles. The van der Waals surface area contributed by atoms with Gasteiger partial charge < -0.3 is 5.11 Å². The number of carboxylic acids is 1. The average Bonchev–Trinajstić information content (AvgIpc) is 2.29. The molecule has 1 N–H and O–H groups in total. The topological polar surface area (TPSA) is 63.1 Å². The van der Waals surface area contributed by atoms with Gasteiger partial charge in [0.1, 0.15) is 0 Å². The van der Waals surface area contributed by atoms with Crippen LogP contribution in [0.3, 0.4) is 0 Å². The summed E-state index contributed by atoms with van der Waals surface area (Å²) in [4.78, 5) is 18.9. The van der Waals surface area contributed by atoms with E-state index in [0.29, 0.717) is 20.9 Å². The highest BCUT2D eigenvalue weighted by atomic mass is 79.9. The quantitative estimate of drug-likeness (QED) is 0.924. The second-order valence-corrected chi connectivity index (χ2v) is 4.50. The van der Waals surface area contributed by atoms with Crippen LogP contribution in [0.1, 0.15) is 10.5 Å². The summed E-state index contributed by atoms with van der Waals surface area (Å²) >= 11 is 8.93. The van der Waals surface area contributed by atoms with E-state index in [2.05, 4.69) is 25.9 Å². The molecule has 0 atom stereocenters. The molecule has 6 heteroatoms. The van der Waals surface area contributed by atoms with Crippen molar-refractivity contribution in [1.82, 2.24) is 9.97 Å². The monoisotopic (exact) mass is 312 g/mol. The van der Waals surface area contributed by atoms with Gasteiger partial charge in [0, 0.05) is 16.8 Å². The van der Waals surface area contributed by atoms with Gasteiger partial charge in [-0.1, -0.05) is 23.7 Å². The first-order valence-electron chi connectivity index (χ1n) is 4.59. The number of halogens is 2. The third-order valence-electron chi connectivity index (χ3n) is 2.03. The van der Waals surface area contributed by atoms with Crippen LogP contribution < -0.4 is 0 Å². The van der Waals surface area contributed by atoms with Crippen LogP contribution >= 0.6 is 27.5 Å². The number of carbonyl (C=O) groups is 1. The summed E-state index contributed by atoms with van der Waals surface area (Å²) in [5.74, 6) is -0.782. The lowest BCUT2D eigenvalue weighted by molar-refractivity contribution is 0.0689. The van der Waals surface area contributed by atoms with Crippen molar-refractivity contribution in [3.05, 3.63) is 45.7 Å². The number of nitrogens with zero attached hydrogens (tertiary/aromatic N) is 2. The highest BCUT2D eigenvalue weighted by molar-refractivity contribution is 9.10. The van der Waals surface area contributed by atoms with Crippen molar-refractivity contribution in [3.8, 4) is 11.4 Å². The first kappa shape index (κ1) is 12.0.